The van der Waals surface area contributed by atoms with E-state index in [1.165, 1.54) is 0 Å². The van der Waals surface area contributed by atoms with Crippen LogP contribution in [-0.4, -0.2) is 17.3 Å². The van der Waals surface area contributed by atoms with Crippen molar-refractivity contribution in [2.45, 2.75) is 45.8 Å². The molecule has 1 rings (SSSR count). The van der Waals surface area contributed by atoms with Gasteiger partial charge in [-0.2, -0.15) is 0 Å². The predicted molar refractivity (Wildman–Crippen MR) is 65.1 cm³/mol. The van der Waals surface area contributed by atoms with Gasteiger partial charge in [-0.3, -0.25) is 0 Å². The Labute approximate surface area is 97.9 Å². The molecule has 0 saturated heterocycles. The summed E-state index contributed by atoms with van der Waals surface area (Å²) in [5.41, 5.74) is 0.494. The lowest BCUT2D eigenvalue weighted by Gasteiger charge is -2.24. The van der Waals surface area contributed by atoms with Crippen molar-refractivity contribution in [2.75, 3.05) is 6.54 Å². The van der Waals surface area contributed by atoms with E-state index in [1.54, 1.807) is 12.5 Å². The van der Waals surface area contributed by atoms with Crippen LogP contribution >= 0.6 is 0 Å². The SMILES string of the molecule is CC(C)CCC(C)(O)CNCc1ccoc1. The summed E-state index contributed by atoms with van der Waals surface area (Å²) >= 11 is 0. The predicted octanol–water partition coefficient (Wildman–Crippen LogP) is 2.56. The Kier molecular flexibility index (Phi) is 5.03. The van der Waals surface area contributed by atoms with E-state index >= 15 is 0 Å². The molecule has 1 aromatic rings. The van der Waals surface area contributed by atoms with E-state index in [2.05, 4.69) is 19.2 Å². The van der Waals surface area contributed by atoms with Crippen molar-refractivity contribution in [3.05, 3.63) is 24.2 Å². The molecule has 0 bridgehead atoms. The summed E-state index contributed by atoms with van der Waals surface area (Å²) in [6.07, 6.45) is 5.27. The van der Waals surface area contributed by atoms with Crippen molar-refractivity contribution < 1.29 is 9.52 Å². The van der Waals surface area contributed by atoms with Crippen LogP contribution in [0.2, 0.25) is 0 Å². The Bertz CT molecular complexity index is 278. The summed E-state index contributed by atoms with van der Waals surface area (Å²) in [6.45, 7) is 7.60. The normalized spacial score (nSPS) is 15.3. The summed E-state index contributed by atoms with van der Waals surface area (Å²) in [7, 11) is 0. The van der Waals surface area contributed by atoms with Crippen LogP contribution < -0.4 is 5.32 Å². The fourth-order valence-corrected chi connectivity index (χ4v) is 1.56. The molecule has 1 unspecified atom stereocenters. The monoisotopic (exact) mass is 225 g/mol. The maximum atomic E-state index is 10.1. The van der Waals surface area contributed by atoms with Crippen LogP contribution in [-0.2, 0) is 6.54 Å². The minimum absolute atomic E-state index is 0.616. The van der Waals surface area contributed by atoms with E-state index in [-0.39, 0.29) is 0 Å². The molecule has 2 N–H and O–H groups in total. The van der Waals surface area contributed by atoms with E-state index in [1.807, 2.05) is 13.0 Å². The van der Waals surface area contributed by atoms with Crippen molar-refractivity contribution in [1.29, 1.82) is 0 Å². The van der Waals surface area contributed by atoms with Crippen LogP contribution in [0.4, 0.5) is 0 Å². The van der Waals surface area contributed by atoms with Gasteiger partial charge in [0.2, 0.25) is 0 Å². The van der Waals surface area contributed by atoms with Gasteiger partial charge in [0, 0.05) is 18.7 Å². The second-order valence-electron chi connectivity index (χ2n) is 5.16. The van der Waals surface area contributed by atoms with Gasteiger partial charge in [0.1, 0.15) is 0 Å². The number of hydrogen-bond acceptors (Lipinski definition) is 3. The van der Waals surface area contributed by atoms with E-state index < -0.39 is 5.60 Å². The molecule has 0 radical (unpaired) electrons. The molecule has 1 aromatic heterocycles. The first-order chi connectivity index (χ1) is 7.49. The highest BCUT2D eigenvalue weighted by Gasteiger charge is 2.19. The summed E-state index contributed by atoms with van der Waals surface area (Å²) in [6, 6.07) is 1.93. The highest BCUT2D eigenvalue weighted by atomic mass is 16.3. The molecule has 1 heterocycles. The van der Waals surface area contributed by atoms with Gasteiger partial charge in [-0.15, -0.1) is 0 Å². The summed E-state index contributed by atoms with van der Waals surface area (Å²) in [5, 5.41) is 13.3. The largest absolute Gasteiger partial charge is 0.472 e. The van der Waals surface area contributed by atoms with Crippen molar-refractivity contribution in [3.8, 4) is 0 Å². The van der Waals surface area contributed by atoms with E-state index in [9.17, 15) is 5.11 Å². The van der Waals surface area contributed by atoms with Gasteiger partial charge < -0.3 is 14.8 Å². The first kappa shape index (κ1) is 13.3. The van der Waals surface area contributed by atoms with Gasteiger partial charge in [-0.1, -0.05) is 13.8 Å². The molecule has 0 spiro atoms. The number of nitrogens with one attached hydrogen (secondary N) is 1. The lowest BCUT2D eigenvalue weighted by molar-refractivity contribution is 0.0451. The minimum Gasteiger partial charge on any atom is -0.472 e. The molecule has 0 amide bonds. The van der Waals surface area contributed by atoms with Crippen molar-refractivity contribution >= 4 is 0 Å². The molecule has 3 nitrogen and oxygen atoms in total. The maximum Gasteiger partial charge on any atom is 0.0947 e. The van der Waals surface area contributed by atoms with Crippen LogP contribution in [0.5, 0.6) is 0 Å². The molecule has 0 fully saturated rings. The molecular formula is C13H23NO2. The van der Waals surface area contributed by atoms with Crippen molar-refractivity contribution in [2.24, 2.45) is 5.92 Å². The minimum atomic E-state index is -0.617. The molecule has 16 heavy (non-hydrogen) atoms. The Morgan fingerprint density at radius 1 is 1.50 bits per heavy atom. The second-order valence-corrected chi connectivity index (χ2v) is 5.16. The lowest BCUT2D eigenvalue weighted by atomic mass is 9.95. The molecule has 0 aliphatic rings. The summed E-state index contributed by atoms with van der Waals surface area (Å²) in [5.74, 6) is 0.639. The first-order valence-electron chi connectivity index (χ1n) is 5.94. The summed E-state index contributed by atoms with van der Waals surface area (Å²) in [4.78, 5) is 0. The molecule has 0 aliphatic carbocycles. The maximum absolute atomic E-state index is 10.1. The lowest BCUT2D eigenvalue weighted by Crippen LogP contribution is -2.37. The highest BCUT2D eigenvalue weighted by Crippen LogP contribution is 2.15. The highest BCUT2D eigenvalue weighted by molar-refractivity contribution is 5.04. The third-order valence-electron chi connectivity index (χ3n) is 2.68. The van der Waals surface area contributed by atoms with Crippen molar-refractivity contribution in [3.63, 3.8) is 0 Å². The number of furan rings is 1. The zero-order valence-corrected chi connectivity index (χ0v) is 10.5. The number of aliphatic hydroxyl groups is 1. The molecule has 0 saturated carbocycles. The van der Waals surface area contributed by atoms with Gasteiger partial charge in [-0.05, 0) is 31.7 Å². The number of rotatable bonds is 7. The van der Waals surface area contributed by atoms with E-state index in [0.717, 1.165) is 24.9 Å². The molecule has 3 heteroatoms. The van der Waals surface area contributed by atoms with Gasteiger partial charge >= 0.3 is 0 Å². The van der Waals surface area contributed by atoms with Gasteiger partial charge in [-0.25, -0.2) is 0 Å². The number of hydrogen-bond donors (Lipinski definition) is 2. The Morgan fingerprint density at radius 3 is 2.81 bits per heavy atom. The fraction of sp³-hybridized carbons (Fsp3) is 0.692. The fourth-order valence-electron chi connectivity index (χ4n) is 1.56. The molecule has 0 aromatic carbocycles. The van der Waals surface area contributed by atoms with Crippen LogP contribution in [0.1, 0.15) is 39.2 Å². The summed E-state index contributed by atoms with van der Waals surface area (Å²) < 4.78 is 4.97. The average molecular weight is 225 g/mol. The van der Waals surface area contributed by atoms with E-state index in [4.69, 9.17) is 4.42 Å². The Balaban J connectivity index is 2.20. The average Bonchev–Trinajstić information content (AvgIpc) is 2.68. The van der Waals surface area contributed by atoms with Crippen LogP contribution in [0, 0.1) is 5.92 Å². The Morgan fingerprint density at radius 2 is 2.25 bits per heavy atom. The molecular weight excluding hydrogens is 202 g/mol. The first-order valence-corrected chi connectivity index (χ1v) is 5.94. The van der Waals surface area contributed by atoms with Crippen LogP contribution in [0.25, 0.3) is 0 Å². The third-order valence-corrected chi connectivity index (χ3v) is 2.68. The smallest absolute Gasteiger partial charge is 0.0947 e. The zero-order chi connectivity index (χ0) is 12.0. The van der Waals surface area contributed by atoms with Gasteiger partial charge in [0.25, 0.3) is 0 Å². The molecule has 0 aliphatic heterocycles. The Hall–Kier alpha value is -0.800. The van der Waals surface area contributed by atoms with E-state index in [0.29, 0.717) is 12.5 Å². The zero-order valence-electron chi connectivity index (χ0n) is 10.5. The van der Waals surface area contributed by atoms with Crippen LogP contribution in [0.3, 0.4) is 0 Å². The molecule has 1 atom stereocenters. The quantitative estimate of drug-likeness (QED) is 0.749. The standard InChI is InChI=1S/C13H23NO2/c1-11(2)4-6-13(3,15)10-14-8-12-5-7-16-9-12/h5,7,9,11,14-15H,4,6,8,10H2,1-3H3. The van der Waals surface area contributed by atoms with Gasteiger partial charge in [0.15, 0.2) is 0 Å². The second kappa shape index (κ2) is 6.06. The molecule has 92 valence electrons. The van der Waals surface area contributed by atoms with Gasteiger partial charge in [0.05, 0.1) is 18.1 Å². The van der Waals surface area contributed by atoms with Crippen molar-refractivity contribution in [1.82, 2.24) is 5.32 Å². The third kappa shape index (κ3) is 5.33. The topological polar surface area (TPSA) is 45.4 Å². The van der Waals surface area contributed by atoms with Crippen LogP contribution in [0.15, 0.2) is 23.0 Å².